The molecular formula is C52H63Cl4O6+. The summed E-state index contributed by atoms with van der Waals surface area (Å²) in [6, 6.07) is 14.3. The van der Waals surface area contributed by atoms with Gasteiger partial charge in [0.15, 0.2) is 0 Å². The van der Waals surface area contributed by atoms with E-state index in [-0.39, 0.29) is 21.3 Å². The first-order valence-corrected chi connectivity index (χ1v) is 23.7. The third-order valence-electron chi connectivity index (χ3n) is 11.8. The molecule has 1 aliphatic rings. The van der Waals surface area contributed by atoms with Crippen molar-refractivity contribution >= 4 is 64.3 Å². The first-order valence-electron chi connectivity index (χ1n) is 22.2. The number of allylic oxidation sites excluding steroid dienone is 2. The third-order valence-corrected chi connectivity index (χ3v) is 13.3. The van der Waals surface area contributed by atoms with Gasteiger partial charge >= 0.3 is 11.5 Å². The molecular weight excluding hydrogens is 862 g/mol. The van der Waals surface area contributed by atoms with E-state index in [0.717, 1.165) is 44.1 Å². The van der Waals surface area contributed by atoms with Crippen LogP contribution in [-0.2, 0) is 19.6 Å². The highest BCUT2D eigenvalue weighted by molar-refractivity contribution is 6.42. The summed E-state index contributed by atoms with van der Waals surface area (Å²) in [6.07, 6.45) is 16.2. The standard InChI is InChI=1S/C52H63Cl4O6/c1-9-13-15-33(11-3)29-59-31-51(5,6)47-25-35(23-45(61-47)37-17-19-41(53)43(55)27-37)21-39-49(57)40(50(39)58)22-36-24-46(38-18-20-42(54)44(56)28-38)62-48(26-36)52(7,8)32-60-30-34(12-4)16-14-10-2/h17-28,33-35H,9-16,29-32H2,1-8H3/q+1. The topological polar surface area (TPSA) is 73.1 Å². The molecule has 3 unspecified atom stereocenters. The summed E-state index contributed by atoms with van der Waals surface area (Å²) >= 11 is 25.4. The van der Waals surface area contributed by atoms with Gasteiger partial charge in [-0.1, -0.05) is 133 Å². The van der Waals surface area contributed by atoms with Crippen molar-refractivity contribution in [3.8, 4) is 11.3 Å². The molecule has 3 aromatic carbocycles. The highest BCUT2D eigenvalue weighted by Gasteiger charge is 2.35. The molecule has 0 spiro atoms. The van der Waals surface area contributed by atoms with Crippen LogP contribution in [0.3, 0.4) is 0 Å². The molecule has 1 aliphatic heterocycles. The van der Waals surface area contributed by atoms with Crippen molar-refractivity contribution < 1.29 is 18.6 Å². The van der Waals surface area contributed by atoms with Crippen LogP contribution < -0.4 is 21.3 Å². The molecule has 0 saturated carbocycles. The van der Waals surface area contributed by atoms with Crippen molar-refractivity contribution in [3.05, 3.63) is 134 Å². The quantitative estimate of drug-likeness (QED) is 0.0731. The molecule has 6 nitrogen and oxygen atoms in total. The van der Waals surface area contributed by atoms with Crippen LogP contribution in [0.15, 0.2) is 80.4 Å². The molecule has 0 N–H and O–H groups in total. The first kappa shape index (κ1) is 49.8. The highest BCUT2D eigenvalue weighted by atomic mass is 35.5. The van der Waals surface area contributed by atoms with Crippen LogP contribution in [0.1, 0.15) is 124 Å². The second-order valence-electron chi connectivity index (χ2n) is 18.0. The molecule has 0 amide bonds. The van der Waals surface area contributed by atoms with E-state index in [1.165, 1.54) is 12.8 Å². The van der Waals surface area contributed by atoms with E-state index in [9.17, 15) is 9.59 Å². The van der Waals surface area contributed by atoms with Gasteiger partial charge in [-0.3, -0.25) is 9.59 Å². The van der Waals surface area contributed by atoms with Gasteiger partial charge in [-0.15, -0.1) is 0 Å². The number of ether oxygens (including phenoxy) is 3. The summed E-state index contributed by atoms with van der Waals surface area (Å²) in [5, 5.41) is 1.84. The van der Waals surface area contributed by atoms with Gasteiger partial charge in [-0.25, -0.2) is 4.42 Å². The van der Waals surface area contributed by atoms with Crippen molar-refractivity contribution in [1.29, 1.82) is 0 Å². The third kappa shape index (κ3) is 12.9. The molecule has 4 aromatic rings. The molecule has 3 atom stereocenters. The lowest BCUT2D eigenvalue weighted by Crippen LogP contribution is -2.64. The summed E-state index contributed by atoms with van der Waals surface area (Å²) in [5.74, 6) is 2.93. The molecule has 2 heterocycles. The number of unbranched alkanes of at least 4 members (excludes halogenated alkanes) is 2. The maximum Gasteiger partial charge on any atom is 0.360 e. The lowest BCUT2D eigenvalue weighted by atomic mass is 9.87. The van der Waals surface area contributed by atoms with Crippen LogP contribution in [-0.4, -0.2) is 26.4 Å². The smallest absolute Gasteiger partial charge is 0.360 e. The second-order valence-corrected chi connectivity index (χ2v) is 19.7. The van der Waals surface area contributed by atoms with Crippen molar-refractivity contribution in [2.45, 2.75) is 112 Å². The average Bonchev–Trinajstić information content (AvgIpc) is 3.25. The van der Waals surface area contributed by atoms with Gasteiger partial charge in [0.05, 0.1) is 55.4 Å². The van der Waals surface area contributed by atoms with Crippen molar-refractivity contribution in [3.63, 3.8) is 0 Å². The molecule has 62 heavy (non-hydrogen) atoms. The van der Waals surface area contributed by atoms with Gasteiger partial charge in [-0.05, 0) is 98.7 Å². The predicted octanol–water partition coefficient (Wildman–Crippen LogP) is 13.4. The van der Waals surface area contributed by atoms with Crippen LogP contribution in [0, 0.1) is 23.2 Å². The Bertz CT molecular complexity index is 2390. The Labute approximate surface area is 388 Å². The lowest BCUT2D eigenvalue weighted by Gasteiger charge is -2.32. The molecule has 334 valence electrons. The molecule has 10 heteroatoms. The van der Waals surface area contributed by atoms with Crippen LogP contribution >= 0.6 is 46.4 Å². The Morgan fingerprint density at radius 1 is 0.694 bits per heavy atom. The van der Waals surface area contributed by atoms with E-state index in [0.29, 0.717) is 92.5 Å². The normalized spacial score (nSPS) is 15.5. The zero-order valence-corrected chi connectivity index (χ0v) is 40.6. The molecule has 1 aromatic heterocycles. The second kappa shape index (κ2) is 22.6. The fraction of sp³-hybridized carbons (Fsp3) is 0.481. The fourth-order valence-electron chi connectivity index (χ4n) is 7.55. The highest BCUT2D eigenvalue weighted by Crippen LogP contribution is 2.39. The van der Waals surface area contributed by atoms with Crippen LogP contribution in [0.5, 0.6) is 0 Å². The molecule has 0 fully saturated rings. The maximum absolute atomic E-state index is 13.9. The monoisotopic (exact) mass is 923 g/mol. The Morgan fingerprint density at radius 2 is 1.24 bits per heavy atom. The van der Waals surface area contributed by atoms with Crippen LogP contribution in [0.25, 0.3) is 29.2 Å². The van der Waals surface area contributed by atoms with E-state index in [1.807, 2.05) is 36.4 Å². The Morgan fingerprint density at radius 3 is 1.79 bits per heavy atom. The number of halogens is 4. The summed E-state index contributed by atoms with van der Waals surface area (Å²) in [7, 11) is 0. The van der Waals surface area contributed by atoms with E-state index < -0.39 is 16.7 Å². The van der Waals surface area contributed by atoms with Crippen LogP contribution in [0.2, 0.25) is 20.1 Å². The number of benzene rings is 2. The summed E-state index contributed by atoms with van der Waals surface area (Å²) in [5.41, 5.74) is 0.333. The Kier molecular flexibility index (Phi) is 18.1. The van der Waals surface area contributed by atoms with Gasteiger partial charge in [-0.2, -0.15) is 0 Å². The van der Waals surface area contributed by atoms with E-state index in [4.69, 9.17) is 65.0 Å². The van der Waals surface area contributed by atoms with Gasteiger partial charge in [0.25, 0.3) is 0 Å². The first-order chi connectivity index (χ1) is 29.5. The molecule has 0 aliphatic carbocycles. The SMILES string of the molecule is CCCCC(CC)COCC(C)(C)C1=CC(C=c2c(=O)c(=Cc3cc(-c4ccc(Cl)c(Cl)c4)[o+]c(C(C)(C)COCC(CC)CCCC)c3)c2=O)C=C(c2ccc(Cl)c(Cl)c2)O1. The average molecular weight is 926 g/mol. The summed E-state index contributed by atoms with van der Waals surface area (Å²) < 4.78 is 25.7. The molecule has 0 bridgehead atoms. The zero-order valence-electron chi connectivity index (χ0n) is 37.6. The minimum absolute atomic E-state index is 0.0940. The summed E-state index contributed by atoms with van der Waals surface area (Å²) in [4.78, 5) is 27.9. The Hall–Kier alpha value is -3.23. The van der Waals surface area contributed by atoms with E-state index >= 15 is 0 Å². The molecule has 0 radical (unpaired) electrons. The molecule has 0 saturated heterocycles. The largest absolute Gasteiger partial charge is 0.461 e. The van der Waals surface area contributed by atoms with Crippen molar-refractivity contribution in [2.75, 3.05) is 26.4 Å². The van der Waals surface area contributed by atoms with Crippen molar-refractivity contribution in [1.82, 2.24) is 0 Å². The lowest BCUT2D eigenvalue weighted by molar-refractivity contribution is 0.0343. The fourth-order valence-corrected chi connectivity index (χ4v) is 8.15. The van der Waals surface area contributed by atoms with E-state index in [2.05, 4.69) is 55.4 Å². The van der Waals surface area contributed by atoms with Crippen molar-refractivity contribution in [2.24, 2.45) is 23.2 Å². The number of rotatable bonds is 22. The van der Waals surface area contributed by atoms with Gasteiger partial charge in [0, 0.05) is 36.2 Å². The van der Waals surface area contributed by atoms with Gasteiger partial charge in [0.1, 0.15) is 16.9 Å². The Balaban J connectivity index is 1.52. The predicted molar refractivity (Wildman–Crippen MR) is 259 cm³/mol. The maximum atomic E-state index is 13.9. The summed E-state index contributed by atoms with van der Waals surface area (Å²) in [6.45, 7) is 19.3. The minimum Gasteiger partial charge on any atom is -0.461 e. The number of hydrogen-bond donors (Lipinski definition) is 0. The minimum atomic E-state index is -0.543. The van der Waals surface area contributed by atoms with Gasteiger partial charge in [0.2, 0.25) is 10.9 Å². The zero-order chi connectivity index (χ0) is 45.2. The van der Waals surface area contributed by atoms with E-state index in [1.54, 1.807) is 36.4 Å². The van der Waals surface area contributed by atoms with Crippen LogP contribution in [0.4, 0.5) is 0 Å². The molecule has 5 rings (SSSR count). The number of hydrogen-bond acceptors (Lipinski definition) is 5. The van der Waals surface area contributed by atoms with Gasteiger partial charge < -0.3 is 14.2 Å².